The van der Waals surface area contributed by atoms with Crippen LogP contribution in [-0.2, 0) is 6.54 Å². The molecule has 2 aromatic rings. The molecule has 0 saturated heterocycles. The molecule has 2 rings (SSSR count). The molecule has 0 aliphatic rings. The average Bonchev–Trinajstić information content (AvgIpc) is 2.70. The van der Waals surface area contributed by atoms with Gasteiger partial charge in [0.25, 0.3) is 0 Å². The Hall–Kier alpha value is -1.49. The fraction of sp³-hybridized carbons (Fsp3) is 0.385. The molecule has 0 unspecified atom stereocenters. The molecule has 0 aliphatic carbocycles. The lowest BCUT2D eigenvalue weighted by Gasteiger charge is -2.06. The maximum Gasteiger partial charge on any atom is 0.344 e. The van der Waals surface area contributed by atoms with E-state index in [1.54, 1.807) is 16.3 Å². The van der Waals surface area contributed by atoms with Crippen LogP contribution in [0.5, 0.6) is 0 Å². The summed E-state index contributed by atoms with van der Waals surface area (Å²) in [6, 6.07) is 9.94. The Balaban J connectivity index is 2.17. The van der Waals surface area contributed by atoms with Crippen molar-refractivity contribution in [3.8, 4) is 0 Å². The van der Waals surface area contributed by atoms with E-state index < -0.39 is 0 Å². The minimum atomic E-state index is -0.148. The van der Waals surface area contributed by atoms with Crippen LogP contribution in [0.3, 0.4) is 0 Å². The van der Waals surface area contributed by atoms with Crippen LogP contribution in [-0.4, -0.2) is 20.5 Å². The molecule has 96 valence electrons. The van der Waals surface area contributed by atoms with Crippen molar-refractivity contribution in [2.24, 2.45) is 5.92 Å². The maximum absolute atomic E-state index is 11.7. The first-order valence-corrected chi connectivity index (χ1v) is 6.97. The smallest absolute Gasteiger partial charge is 0.266 e. The number of H-pyrrole nitrogens is 1. The lowest BCUT2D eigenvalue weighted by molar-refractivity contribution is 0.682. The summed E-state index contributed by atoms with van der Waals surface area (Å²) in [4.78, 5) is 11.7. The molecule has 18 heavy (non-hydrogen) atoms. The Kier molecular flexibility index (Phi) is 4.25. The van der Waals surface area contributed by atoms with Gasteiger partial charge in [-0.3, -0.25) is 4.57 Å². The van der Waals surface area contributed by atoms with Gasteiger partial charge in [0.2, 0.25) is 0 Å². The van der Waals surface area contributed by atoms with Crippen LogP contribution in [0.15, 0.2) is 40.3 Å². The van der Waals surface area contributed by atoms with Gasteiger partial charge in [-0.15, -0.1) is 5.10 Å². The van der Waals surface area contributed by atoms with E-state index in [1.165, 1.54) is 0 Å². The summed E-state index contributed by atoms with van der Waals surface area (Å²) in [5.74, 6) is 1.53. The first-order valence-electron chi connectivity index (χ1n) is 5.98. The highest BCUT2D eigenvalue weighted by atomic mass is 32.2. The van der Waals surface area contributed by atoms with E-state index in [9.17, 15) is 4.79 Å². The van der Waals surface area contributed by atoms with Crippen LogP contribution in [0.4, 0.5) is 0 Å². The first-order chi connectivity index (χ1) is 8.66. The zero-order chi connectivity index (χ0) is 13.0. The Morgan fingerprint density at radius 3 is 2.72 bits per heavy atom. The molecule has 5 heteroatoms. The van der Waals surface area contributed by atoms with Gasteiger partial charge in [0.05, 0.1) is 6.54 Å². The normalized spacial score (nSPS) is 11.1. The van der Waals surface area contributed by atoms with Gasteiger partial charge in [-0.05, 0) is 11.5 Å². The third-order valence-electron chi connectivity index (χ3n) is 2.45. The molecule has 0 radical (unpaired) electrons. The largest absolute Gasteiger partial charge is 0.344 e. The quantitative estimate of drug-likeness (QED) is 0.843. The number of rotatable bonds is 5. The molecule has 4 nitrogen and oxygen atoms in total. The lowest BCUT2D eigenvalue weighted by atomic mass is 10.2. The van der Waals surface area contributed by atoms with Crippen molar-refractivity contribution in [1.82, 2.24) is 14.8 Å². The maximum atomic E-state index is 11.7. The molecule has 0 atom stereocenters. The Labute approximate surface area is 110 Å². The number of thioether (sulfide) groups is 1. The monoisotopic (exact) mass is 263 g/mol. The van der Waals surface area contributed by atoms with Gasteiger partial charge in [-0.25, -0.2) is 9.89 Å². The van der Waals surface area contributed by atoms with Crippen LogP contribution in [0.25, 0.3) is 0 Å². The number of aromatic amines is 1. The van der Waals surface area contributed by atoms with E-state index in [2.05, 4.69) is 24.0 Å². The van der Waals surface area contributed by atoms with Crippen molar-refractivity contribution < 1.29 is 0 Å². The molecule has 0 fully saturated rings. The lowest BCUT2D eigenvalue weighted by Crippen LogP contribution is -2.18. The molecule has 1 heterocycles. The molecule has 0 amide bonds. The molecule has 0 spiro atoms. The first kappa shape index (κ1) is 13.0. The van der Waals surface area contributed by atoms with E-state index in [0.29, 0.717) is 12.5 Å². The number of nitrogens with one attached hydrogen (secondary N) is 1. The number of benzene rings is 1. The molecular formula is C13H17N3OS. The average molecular weight is 263 g/mol. The highest BCUT2D eigenvalue weighted by molar-refractivity contribution is 7.99. The summed E-state index contributed by atoms with van der Waals surface area (Å²) in [5, 5.41) is 7.35. The van der Waals surface area contributed by atoms with Gasteiger partial charge in [-0.1, -0.05) is 55.9 Å². The summed E-state index contributed by atoms with van der Waals surface area (Å²) in [6.07, 6.45) is 0. The predicted molar refractivity (Wildman–Crippen MR) is 74.0 cm³/mol. The third kappa shape index (κ3) is 3.26. The summed E-state index contributed by atoms with van der Waals surface area (Å²) >= 11 is 1.62. The fourth-order valence-electron chi connectivity index (χ4n) is 1.56. The van der Waals surface area contributed by atoms with Crippen molar-refractivity contribution in [1.29, 1.82) is 0 Å². The van der Waals surface area contributed by atoms with Crippen molar-refractivity contribution in [2.45, 2.75) is 25.5 Å². The third-order valence-corrected chi connectivity index (χ3v) is 3.86. The van der Waals surface area contributed by atoms with Crippen LogP contribution >= 0.6 is 11.8 Å². The van der Waals surface area contributed by atoms with Crippen LogP contribution in [0, 0.1) is 5.92 Å². The van der Waals surface area contributed by atoms with E-state index in [1.807, 2.05) is 30.3 Å². The van der Waals surface area contributed by atoms with Crippen molar-refractivity contribution >= 4 is 11.8 Å². The number of nitrogens with zero attached hydrogens (tertiary/aromatic N) is 2. The predicted octanol–water partition coefficient (Wildman–Crippen LogP) is 2.37. The van der Waals surface area contributed by atoms with E-state index in [-0.39, 0.29) is 5.69 Å². The van der Waals surface area contributed by atoms with Gasteiger partial charge in [0.1, 0.15) is 0 Å². The van der Waals surface area contributed by atoms with Crippen molar-refractivity contribution in [2.75, 3.05) is 5.75 Å². The van der Waals surface area contributed by atoms with Crippen molar-refractivity contribution in [3.63, 3.8) is 0 Å². The molecular weight excluding hydrogens is 246 g/mol. The highest BCUT2D eigenvalue weighted by Crippen LogP contribution is 2.17. The van der Waals surface area contributed by atoms with Gasteiger partial charge >= 0.3 is 5.69 Å². The minimum Gasteiger partial charge on any atom is -0.266 e. The van der Waals surface area contributed by atoms with Crippen molar-refractivity contribution in [3.05, 3.63) is 46.4 Å². The summed E-state index contributed by atoms with van der Waals surface area (Å²) in [5.41, 5.74) is 0.956. The summed E-state index contributed by atoms with van der Waals surface area (Å²) < 4.78 is 1.68. The second-order valence-electron chi connectivity index (χ2n) is 4.59. The number of hydrogen-bond donors (Lipinski definition) is 1. The van der Waals surface area contributed by atoms with Gasteiger partial charge in [0, 0.05) is 5.75 Å². The van der Waals surface area contributed by atoms with E-state index >= 15 is 0 Å². The van der Waals surface area contributed by atoms with E-state index in [0.717, 1.165) is 16.5 Å². The molecule has 0 saturated carbocycles. The second-order valence-corrected chi connectivity index (χ2v) is 5.58. The van der Waals surface area contributed by atoms with Gasteiger partial charge in [-0.2, -0.15) is 0 Å². The molecule has 1 N–H and O–H groups in total. The zero-order valence-corrected chi connectivity index (χ0v) is 11.4. The zero-order valence-electron chi connectivity index (χ0n) is 10.6. The fourth-order valence-corrected chi connectivity index (χ4v) is 2.46. The summed E-state index contributed by atoms with van der Waals surface area (Å²) in [7, 11) is 0. The molecule has 0 bridgehead atoms. The molecule has 1 aromatic carbocycles. The van der Waals surface area contributed by atoms with Gasteiger partial charge < -0.3 is 0 Å². The number of hydrogen-bond acceptors (Lipinski definition) is 3. The SMILES string of the molecule is CC(C)CSc1n[nH]c(=O)n1Cc1ccccc1. The Bertz CT molecular complexity index is 545. The Morgan fingerprint density at radius 1 is 1.33 bits per heavy atom. The summed E-state index contributed by atoms with van der Waals surface area (Å²) in [6.45, 7) is 4.87. The highest BCUT2D eigenvalue weighted by Gasteiger charge is 2.09. The van der Waals surface area contributed by atoms with Gasteiger partial charge in [0.15, 0.2) is 5.16 Å². The number of aromatic nitrogens is 3. The Morgan fingerprint density at radius 2 is 2.06 bits per heavy atom. The molecule has 1 aromatic heterocycles. The minimum absolute atomic E-state index is 0.148. The van der Waals surface area contributed by atoms with E-state index in [4.69, 9.17) is 0 Å². The van der Waals surface area contributed by atoms with Crippen LogP contribution < -0.4 is 5.69 Å². The van der Waals surface area contributed by atoms with Crippen LogP contribution in [0.1, 0.15) is 19.4 Å². The topological polar surface area (TPSA) is 50.7 Å². The molecule has 0 aliphatic heterocycles. The van der Waals surface area contributed by atoms with Crippen LogP contribution in [0.2, 0.25) is 0 Å². The standard InChI is InChI=1S/C13H17N3OS/c1-10(2)9-18-13-15-14-12(17)16(13)8-11-6-4-3-5-7-11/h3-7,10H,8-9H2,1-2H3,(H,14,17). The second kappa shape index (κ2) is 5.91.